The zero-order valence-electron chi connectivity index (χ0n) is 17.1. The third-order valence-corrected chi connectivity index (χ3v) is 4.41. The predicted octanol–water partition coefficient (Wildman–Crippen LogP) is -3.85. The fraction of sp³-hybridized carbons (Fsp3) is 0.706. The Morgan fingerprint density at radius 3 is 1.87 bits per heavy atom. The van der Waals surface area contributed by atoms with Crippen molar-refractivity contribution >= 4 is 29.6 Å². The summed E-state index contributed by atoms with van der Waals surface area (Å²) in [7, 11) is 0. The van der Waals surface area contributed by atoms with E-state index in [9.17, 15) is 34.2 Å². The number of aliphatic hydroxyl groups is 2. The number of nitrogens with one attached hydrogen (secondary N) is 3. The fourth-order valence-electron chi connectivity index (χ4n) is 2.36. The standard InChI is InChI=1S/C17H31N5O8/c1-4-7(2)12(17(29)30)21-16(28)13(8(3)24)22-15(27)10(5-11(19)25)20-14(26)9(18)6-23/h7-10,12-13,23-24H,4-6,18H2,1-3H3,(H2,19,25)(H,20,26)(H,21,28)(H,22,27)(H,29,30). The maximum absolute atomic E-state index is 12.5. The van der Waals surface area contributed by atoms with Gasteiger partial charge in [0.1, 0.15) is 24.2 Å². The summed E-state index contributed by atoms with van der Waals surface area (Å²) in [5.41, 5.74) is 10.4. The molecule has 13 nitrogen and oxygen atoms in total. The molecule has 6 atom stereocenters. The lowest BCUT2D eigenvalue weighted by Crippen LogP contribution is -2.61. The Kier molecular flexibility index (Phi) is 11.5. The van der Waals surface area contributed by atoms with E-state index in [0.717, 1.165) is 0 Å². The summed E-state index contributed by atoms with van der Waals surface area (Å²) in [6, 6.07) is -5.74. The number of aliphatic hydroxyl groups excluding tert-OH is 2. The lowest BCUT2D eigenvalue weighted by atomic mass is 9.98. The second-order valence-corrected chi connectivity index (χ2v) is 6.96. The molecule has 0 rings (SSSR count). The summed E-state index contributed by atoms with van der Waals surface area (Å²) < 4.78 is 0. The minimum absolute atomic E-state index is 0.432. The van der Waals surface area contributed by atoms with Gasteiger partial charge in [-0.1, -0.05) is 20.3 Å². The number of aliphatic carboxylic acids is 1. The zero-order chi connectivity index (χ0) is 23.6. The van der Waals surface area contributed by atoms with Crippen LogP contribution in [-0.4, -0.2) is 81.8 Å². The molecule has 0 aromatic rings. The number of carbonyl (C=O) groups is 5. The Balaban J connectivity index is 5.45. The number of primary amides is 1. The Morgan fingerprint density at radius 1 is 0.933 bits per heavy atom. The minimum atomic E-state index is -1.58. The number of rotatable bonds is 13. The topological polar surface area (TPSA) is 234 Å². The van der Waals surface area contributed by atoms with E-state index < -0.39 is 78.8 Å². The number of nitrogens with two attached hydrogens (primary N) is 2. The molecule has 0 spiro atoms. The molecule has 0 aromatic heterocycles. The molecule has 0 bridgehead atoms. The molecule has 0 radical (unpaired) electrons. The van der Waals surface area contributed by atoms with E-state index in [0.29, 0.717) is 6.42 Å². The van der Waals surface area contributed by atoms with E-state index in [1.165, 1.54) is 6.92 Å². The zero-order valence-corrected chi connectivity index (χ0v) is 17.1. The van der Waals surface area contributed by atoms with Crippen LogP contribution < -0.4 is 27.4 Å². The van der Waals surface area contributed by atoms with Crippen molar-refractivity contribution in [1.29, 1.82) is 0 Å². The van der Waals surface area contributed by atoms with Crippen LogP contribution in [0.25, 0.3) is 0 Å². The number of carboxylic acid groups (broad SMARTS) is 1. The smallest absolute Gasteiger partial charge is 0.326 e. The van der Waals surface area contributed by atoms with Crippen LogP contribution in [0.15, 0.2) is 0 Å². The van der Waals surface area contributed by atoms with Crippen LogP contribution in [0.1, 0.15) is 33.6 Å². The van der Waals surface area contributed by atoms with Gasteiger partial charge in [0.15, 0.2) is 0 Å². The van der Waals surface area contributed by atoms with E-state index in [2.05, 4.69) is 16.0 Å². The lowest BCUT2D eigenvalue weighted by molar-refractivity contribution is -0.144. The maximum Gasteiger partial charge on any atom is 0.326 e. The molecule has 6 unspecified atom stereocenters. The SMILES string of the molecule is CCC(C)C(NC(=O)C(NC(=O)C(CC(N)=O)NC(=O)C(N)CO)C(C)O)C(=O)O. The Hall–Kier alpha value is -2.77. The van der Waals surface area contributed by atoms with Crippen LogP contribution in [0.4, 0.5) is 0 Å². The summed E-state index contributed by atoms with van der Waals surface area (Å²) in [6.07, 6.45) is -1.64. The molecule has 0 aliphatic rings. The first-order chi connectivity index (χ1) is 13.8. The number of carboxylic acids is 1. The van der Waals surface area contributed by atoms with Crippen molar-refractivity contribution in [3.8, 4) is 0 Å². The van der Waals surface area contributed by atoms with Gasteiger partial charge in [-0.25, -0.2) is 4.79 Å². The van der Waals surface area contributed by atoms with Gasteiger partial charge in [0.25, 0.3) is 0 Å². The molecule has 0 aliphatic carbocycles. The van der Waals surface area contributed by atoms with E-state index in [1.807, 2.05) is 0 Å². The molecule has 0 saturated heterocycles. The highest BCUT2D eigenvalue weighted by Gasteiger charge is 2.34. The molecule has 13 heteroatoms. The van der Waals surface area contributed by atoms with E-state index in [-0.39, 0.29) is 0 Å². The number of hydrogen-bond donors (Lipinski definition) is 8. The summed E-state index contributed by atoms with van der Waals surface area (Å²) in [5.74, 6) is -5.62. The summed E-state index contributed by atoms with van der Waals surface area (Å²) in [4.78, 5) is 59.5. The first-order valence-electron chi connectivity index (χ1n) is 9.32. The van der Waals surface area contributed by atoms with Crippen molar-refractivity contribution in [3.05, 3.63) is 0 Å². The van der Waals surface area contributed by atoms with E-state index >= 15 is 0 Å². The van der Waals surface area contributed by atoms with Crippen molar-refractivity contribution in [2.24, 2.45) is 17.4 Å². The van der Waals surface area contributed by atoms with Gasteiger partial charge in [0, 0.05) is 0 Å². The molecule has 0 saturated carbocycles. The predicted molar refractivity (Wildman–Crippen MR) is 103 cm³/mol. The summed E-state index contributed by atoms with van der Waals surface area (Å²) in [6.45, 7) is 3.81. The average Bonchev–Trinajstić information content (AvgIpc) is 2.66. The van der Waals surface area contributed by atoms with Crippen molar-refractivity contribution in [2.75, 3.05) is 6.61 Å². The van der Waals surface area contributed by atoms with Crippen LogP contribution in [-0.2, 0) is 24.0 Å². The first kappa shape index (κ1) is 27.2. The molecule has 172 valence electrons. The van der Waals surface area contributed by atoms with Crippen molar-refractivity contribution < 1.29 is 39.3 Å². The molecule has 0 heterocycles. The quantitative estimate of drug-likeness (QED) is 0.142. The first-order valence-corrected chi connectivity index (χ1v) is 9.32. The van der Waals surface area contributed by atoms with Crippen molar-refractivity contribution in [3.63, 3.8) is 0 Å². The molecule has 4 amide bonds. The lowest BCUT2D eigenvalue weighted by Gasteiger charge is -2.27. The number of hydrogen-bond acceptors (Lipinski definition) is 8. The van der Waals surface area contributed by atoms with Crippen molar-refractivity contribution in [2.45, 2.75) is 63.9 Å². The highest BCUT2D eigenvalue weighted by Crippen LogP contribution is 2.09. The van der Waals surface area contributed by atoms with Gasteiger partial charge in [-0.15, -0.1) is 0 Å². The molecule has 0 aromatic carbocycles. The Morgan fingerprint density at radius 2 is 1.47 bits per heavy atom. The highest BCUT2D eigenvalue weighted by atomic mass is 16.4. The monoisotopic (exact) mass is 433 g/mol. The van der Waals surface area contributed by atoms with Gasteiger partial charge in [-0.3, -0.25) is 19.2 Å². The summed E-state index contributed by atoms with van der Waals surface area (Å²) in [5, 5.41) is 34.6. The Bertz CT molecular complexity index is 642. The van der Waals surface area contributed by atoms with Gasteiger partial charge in [0.2, 0.25) is 23.6 Å². The van der Waals surface area contributed by atoms with Gasteiger partial charge in [-0.2, -0.15) is 0 Å². The van der Waals surface area contributed by atoms with Crippen LogP contribution in [0.2, 0.25) is 0 Å². The fourth-order valence-corrected chi connectivity index (χ4v) is 2.36. The molecular formula is C17H31N5O8. The molecule has 0 fully saturated rings. The second kappa shape index (κ2) is 12.7. The largest absolute Gasteiger partial charge is 0.480 e. The normalized spacial score (nSPS) is 16.9. The van der Waals surface area contributed by atoms with Crippen molar-refractivity contribution in [1.82, 2.24) is 16.0 Å². The molecule has 0 aliphatic heterocycles. The van der Waals surface area contributed by atoms with Gasteiger partial charge >= 0.3 is 5.97 Å². The van der Waals surface area contributed by atoms with Gasteiger partial charge in [0.05, 0.1) is 19.1 Å². The molecule has 30 heavy (non-hydrogen) atoms. The average molecular weight is 433 g/mol. The Labute approximate surface area is 173 Å². The molecular weight excluding hydrogens is 402 g/mol. The summed E-state index contributed by atoms with van der Waals surface area (Å²) >= 11 is 0. The van der Waals surface area contributed by atoms with Gasteiger partial charge in [-0.05, 0) is 12.8 Å². The van der Waals surface area contributed by atoms with Crippen LogP contribution in [0.3, 0.4) is 0 Å². The van der Waals surface area contributed by atoms with Gasteiger partial charge < -0.3 is 42.7 Å². The number of amides is 4. The highest BCUT2D eigenvalue weighted by molar-refractivity contribution is 5.96. The third-order valence-electron chi connectivity index (χ3n) is 4.41. The van der Waals surface area contributed by atoms with E-state index in [4.69, 9.17) is 16.6 Å². The van der Waals surface area contributed by atoms with Crippen LogP contribution in [0.5, 0.6) is 0 Å². The van der Waals surface area contributed by atoms with Crippen LogP contribution in [0, 0.1) is 5.92 Å². The minimum Gasteiger partial charge on any atom is -0.480 e. The number of carbonyl (C=O) groups excluding carboxylic acids is 4. The van der Waals surface area contributed by atoms with Crippen LogP contribution >= 0.6 is 0 Å². The van der Waals surface area contributed by atoms with E-state index in [1.54, 1.807) is 13.8 Å². The molecule has 10 N–H and O–H groups in total. The third kappa shape index (κ3) is 8.71. The second-order valence-electron chi connectivity index (χ2n) is 6.96. The maximum atomic E-state index is 12.5.